The molecule has 0 spiro atoms. The average molecular weight is 313 g/mol. The van der Waals surface area contributed by atoms with Crippen molar-refractivity contribution in [3.8, 4) is 0 Å². The number of rotatable bonds is 4. The summed E-state index contributed by atoms with van der Waals surface area (Å²) in [7, 11) is -4.23. The van der Waals surface area contributed by atoms with Crippen molar-refractivity contribution in [2.24, 2.45) is 0 Å². The van der Waals surface area contributed by atoms with E-state index in [-0.39, 0.29) is 10.5 Å². The molecular weight excluding hydrogens is 304 g/mol. The third-order valence-electron chi connectivity index (χ3n) is 2.59. The fourth-order valence-corrected chi connectivity index (χ4v) is 2.69. The van der Waals surface area contributed by atoms with E-state index in [1.54, 1.807) is 0 Å². The molecule has 0 unspecified atom stereocenters. The summed E-state index contributed by atoms with van der Waals surface area (Å²) in [6.07, 6.45) is 0. The second kappa shape index (κ2) is 5.49. The Kier molecular flexibility index (Phi) is 3.90. The second-order valence-corrected chi connectivity index (χ2v) is 5.72. The highest BCUT2D eigenvalue weighted by molar-refractivity contribution is 7.92. The number of carboxylic acids is 1. The fourth-order valence-electron chi connectivity index (χ4n) is 1.58. The van der Waals surface area contributed by atoms with E-state index < -0.39 is 33.3 Å². The van der Waals surface area contributed by atoms with Gasteiger partial charge in [0, 0.05) is 0 Å². The lowest BCUT2D eigenvalue weighted by molar-refractivity contribution is 0.0696. The van der Waals surface area contributed by atoms with Gasteiger partial charge in [-0.15, -0.1) is 0 Å². The van der Waals surface area contributed by atoms with Gasteiger partial charge in [-0.05, 0) is 30.3 Å². The lowest BCUT2D eigenvalue weighted by Gasteiger charge is -2.09. The monoisotopic (exact) mass is 313 g/mol. The summed E-state index contributed by atoms with van der Waals surface area (Å²) in [6.45, 7) is 0. The molecule has 0 aliphatic heterocycles. The van der Waals surface area contributed by atoms with Crippen LogP contribution in [0.2, 0.25) is 0 Å². The first-order valence-corrected chi connectivity index (χ1v) is 7.10. The second-order valence-electron chi connectivity index (χ2n) is 4.04. The lowest BCUT2D eigenvalue weighted by Crippen LogP contribution is -2.15. The number of aromatic carboxylic acids is 1. The van der Waals surface area contributed by atoms with Crippen molar-refractivity contribution in [3.05, 3.63) is 59.7 Å². The number of carbonyl (C=O) groups is 1. The van der Waals surface area contributed by atoms with Gasteiger partial charge in [-0.1, -0.05) is 12.1 Å². The van der Waals surface area contributed by atoms with Crippen LogP contribution >= 0.6 is 0 Å². The Labute approximate surface area is 118 Å². The smallest absolute Gasteiger partial charge is 0.335 e. The van der Waals surface area contributed by atoms with Gasteiger partial charge in [0.15, 0.2) is 11.6 Å². The van der Waals surface area contributed by atoms with Crippen LogP contribution < -0.4 is 4.72 Å². The first-order chi connectivity index (χ1) is 9.81. The van der Waals surface area contributed by atoms with E-state index in [0.717, 1.165) is 30.3 Å². The van der Waals surface area contributed by atoms with Crippen LogP contribution in [-0.2, 0) is 10.0 Å². The third kappa shape index (κ3) is 3.16. The Balaban J connectivity index is 2.41. The molecule has 2 aromatic rings. The Morgan fingerprint density at radius 1 is 1.10 bits per heavy atom. The molecule has 21 heavy (non-hydrogen) atoms. The molecule has 0 aliphatic rings. The zero-order chi connectivity index (χ0) is 15.6. The Hall–Kier alpha value is -2.48. The third-order valence-corrected chi connectivity index (χ3v) is 3.95. The molecule has 0 radical (unpaired) electrons. The van der Waals surface area contributed by atoms with Crippen LogP contribution in [0.4, 0.5) is 14.5 Å². The minimum Gasteiger partial charge on any atom is -0.478 e. The van der Waals surface area contributed by atoms with Gasteiger partial charge in [0.1, 0.15) is 0 Å². The van der Waals surface area contributed by atoms with E-state index in [2.05, 4.69) is 0 Å². The van der Waals surface area contributed by atoms with Crippen LogP contribution in [-0.4, -0.2) is 19.5 Å². The van der Waals surface area contributed by atoms with Crippen LogP contribution in [0.3, 0.4) is 0 Å². The van der Waals surface area contributed by atoms with Crippen molar-refractivity contribution in [3.63, 3.8) is 0 Å². The quantitative estimate of drug-likeness (QED) is 0.908. The molecule has 5 nitrogen and oxygen atoms in total. The summed E-state index contributed by atoms with van der Waals surface area (Å²) in [6, 6.07) is 7.55. The van der Waals surface area contributed by atoms with Crippen molar-refractivity contribution in [1.29, 1.82) is 0 Å². The zero-order valence-corrected chi connectivity index (χ0v) is 11.2. The summed E-state index contributed by atoms with van der Waals surface area (Å²) in [5, 5.41) is 8.82. The first kappa shape index (κ1) is 14.9. The van der Waals surface area contributed by atoms with Crippen molar-refractivity contribution >= 4 is 21.7 Å². The maximum atomic E-state index is 13.5. The largest absolute Gasteiger partial charge is 0.478 e. The van der Waals surface area contributed by atoms with Gasteiger partial charge in [-0.3, -0.25) is 4.72 Å². The van der Waals surface area contributed by atoms with Crippen molar-refractivity contribution in [2.45, 2.75) is 4.90 Å². The van der Waals surface area contributed by atoms with Crippen LogP contribution in [0, 0.1) is 11.6 Å². The number of hydrogen-bond acceptors (Lipinski definition) is 3. The number of hydrogen-bond donors (Lipinski definition) is 2. The lowest BCUT2D eigenvalue weighted by atomic mass is 10.2. The van der Waals surface area contributed by atoms with E-state index in [4.69, 9.17) is 5.11 Å². The molecule has 0 saturated heterocycles. The molecule has 2 aromatic carbocycles. The van der Waals surface area contributed by atoms with Gasteiger partial charge in [-0.2, -0.15) is 0 Å². The standard InChI is InChI=1S/C13H9F2NO4S/c14-10-5-2-6-11(12(10)15)16-21(19,20)9-4-1-3-8(7-9)13(17)18/h1-7,16H,(H,17,18). The number of sulfonamides is 1. The molecule has 0 bridgehead atoms. The van der Waals surface area contributed by atoms with Gasteiger partial charge in [0.05, 0.1) is 16.1 Å². The molecule has 0 fully saturated rings. The minimum atomic E-state index is -4.23. The molecule has 0 saturated carbocycles. The number of anilines is 1. The average Bonchev–Trinajstić information content (AvgIpc) is 2.44. The van der Waals surface area contributed by atoms with E-state index in [9.17, 15) is 22.0 Å². The van der Waals surface area contributed by atoms with Crippen LogP contribution in [0.1, 0.15) is 10.4 Å². The van der Waals surface area contributed by atoms with Crippen molar-refractivity contribution in [2.75, 3.05) is 4.72 Å². The maximum absolute atomic E-state index is 13.5. The van der Waals surface area contributed by atoms with Gasteiger partial charge in [0.25, 0.3) is 10.0 Å². The van der Waals surface area contributed by atoms with Gasteiger partial charge in [-0.25, -0.2) is 22.0 Å². The molecule has 0 aliphatic carbocycles. The molecular formula is C13H9F2NO4S. The molecule has 0 aromatic heterocycles. The molecule has 8 heteroatoms. The van der Waals surface area contributed by atoms with Crippen molar-refractivity contribution in [1.82, 2.24) is 0 Å². The molecule has 0 atom stereocenters. The molecule has 0 heterocycles. The Morgan fingerprint density at radius 2 is 1.76 bits per heavy atom. The van der Waals surface area contributed by atoms with Gasteiger partial charge < -0.3 is 5.11 Å². The van der Waals surface area contributed by atoms with Crippen LogP contribution in [0.25, 0.3) is 0 Å². The molecule has 2 rings (SSSR count). The topological polar surface area (TPSA) is 83.5 Å². The number of carboxylic acid groups (broad SMARTS) is 1. The predicted octanol–water partition coefficient (Wildman–Crippen LogP) is 2.46. The summed E-state index contributed by atoms with van der Waals surface area (Å²) in [5.41, 5.74) is -0.798. The summed E-state index contributed by atoms with van der Waals surface area (Å²) in [4.78, 5) is 10.4. The highest BCUT2D eigenvalue weighted by Gasteiger charge is 2.19. The normalized spacial score (nSPS) is 11.1. The van der Waals surface area contributed by atoms with E-state index >= 15 is 0 Å². The summed E-state index contributed by atoms with van der Waals surface area (Å²) >= 11 is 0. The highest BCUT2D eigenvalue weighted by atomic mass is 32.2. The first-order valence-electron chi connectivity index (χ1n) is 5.61. The highest BCUT2D eigenvalue weighted by Crippen LogP contribution is 2.21. The predicted molar refractivity (Wildman–Crippen MR) is 70.6 cm³/mol. The Morgan fingerprint density at radius 3 is 2.43 bits per heavy atom. The molecule has 0 amide bonds. The fraction of sp³-hybridized carbons (Fsp3) is 0. The van der Waals surface area contributed by atoms with E-state index in [1.165, 1.54) is 12.1 Å². The number of benzene rings is 2. The van der Waals surface area contributed by atoms with Gasteiger partial charge in [0.2, 0.25) is 0 Å². The van der Waals surface area contributed by atoms with E-state index in [0.29, 0.717) is 0 Å². The van der Waals surface area contributed by atoms with Crippen LogP contribution in [0.15, 0.2) is 47.4 Å². The van der Waals surface area contributed by atoms with E-state index in [1.807, 2.05) is 4.72 Å². The minimum absolute atomic E-state index is 0.238. The molecule has 2 N–H and O–H groups in total. The van der Waals surface area contributed by atoms with Crippen molar-refractivity contribution < 1.29 is 27.1 Å². The summed E-state index contributed by atoms with van der Waals surface area (Å²) in [5.74, 6) is -3.84. The number of halogens is 2. The van der Waals surface area contributed by atoms with Gasteiger partial charge >= 0.3 is 5.97 Å². The Bertz CT molecular complexity index is 806. The maximum Gasteiger partial charge on any atom is 0.335 e. The SMILES string of the molecule is O=C(O)c1cccc(S(=O)(=O)Nc2cccc(F)c2F)c1. The molecule has 110 valence electrons. The zero-order valence-electron chi connectivity index (χ0n) is 10.4. The summed E-state index contributed by atoms with van der Waals surface area (Å²) < 4.78 is 52.5. The number of nitrogens with one attached hydrogen (secondary N) is 1. The van der Waals surface area contributed by atoms with Crippen LogP contribution in [0.5, 0.6) is 0 Å².